The fourth-order valence-corrected chi connectivity index (χ4v) is 6.82. The summed E-state index contributed by atoms with van der Waals surface area (Å²) in [6.07, 6.45) is -1.53. The van der Waals surface area contributed by atoms with Crippen molar-refractivity contribution in [2.24, 2.45) is 0 Å². The van der Waals surface area contributed by atoms with Crippen LogP contribution in [0.5, 0.6) is 0 Å². The van der Waals surface area contributed by atoms with Crippen LogP contribution >= 0.6 is 11.8 Å². The zero-order valence-electron chi connectivity index (χ0n) is 18.0. The van der Waals surface area contributed by atoms with Crippen molar-refractivity contribution in [1.29, 1.82) is 0 Å². The quantitative estimate of drug-likeness (QED) is 0.195. The van der Waals surface area contributed by atoms with Gasteiger partial charge in [-0.1, -0.05) is 35.4 Å². The van der Waals surface area contributed by atoms with Gasteiger partial charge in [-0.15, -0.1) is 11.8 Å². The molecule has 2 aromatic rings. The molecule has 3 heterocycles. The monoisotopic (exact) mass is 558 g/mol. The van der Waals surface area contributed by atoms with Crippen LogP contribution in [0.25, 0.3) is 0 Å². The van der Waals surface area contributed by atoms with Gasteiger partial charge in [0, 0.05) is 5.75 Å². The molecule has 4 atom stereocenters. The number of aliphatic hydroxyl groups is 1. The maximum atomic E-state index is 12.8. The van der Waals surface area contributed by atoms with Gasteiger partial charge >= 0.3 is 5.97 Å². The van der Waals surface area contributed by atoms with Crippen LogP contribution in [-0.4, -0.2) is 93.2 Å². The van der Waals surface area contributed by atoms with E-state index in [0.717, 1.165) is 16.7 Å². The molecule has 0 aliphatic carbocycles. The van der Waals surface area contributed by atoms with Gasteiger partial charge in [0.15, 0.2) is 12.0 Å². The lowest BCUT2D eigenvalue weighted by Gasteiger charge is -2.49. The van der Waals surface area contributed by atoms with Crippen molar-refractivity contribution in [3.05, 3.63) is 47.2 Å². The first-order valence-electron chi connectivity index (χ1n) is 10.0. The molecule has 4 rings (SSSR count). The van der Waals surface area contributed by atoms with Crippen LogP contribution in [-0.2, 0) is 41.2 Å². The number of thioether (sulfide) groups is 1. The molecular weight excluding hydrogens is 540 g/mol. The molecular formula is C18H18N6O9S3. The number of hydrogen-bond acceptors (Lipinski definition) is 11. The molecule has 0 saturated carbocycles. The predicted molar refractivity (Wildman–Crippen MR) is 122 cm³/mol. The number of nitrogens with zero attached hydrogens (tertiary/aromatic N) is 5. The molecule has 2 aliphatic heterocycles. The molecule has 4 N–H and O–H groups in total. The third-order valence-electron chi connectivity index (χ3n) is 5.20. The third-order valence-corrected chi connectivity index (χ3v) is 8.43. The second-order valence-corrected chi connectivity index (χ2v) is 11.5. The Morgan fingerprint density at radius 2 is 1.97 bits per heavy atom. The van der Waals surface area contributed by atoms with Gasteiger partial charge in [0.2, 0.25) is 5.16 Å². The number of aliphatic hydroxyl groups excluding tert-OH is 1. The highest BCUT2D eigenvalue weighted by Crippen LogP contribution is 2.40. The van der Waals surface area contributed by atoms with Crippen LogP contribution in [0, 0.1) is 0 Å². The molecule has 1 aromatic carbocycles. The van der Waals surface area contributed by atoms with Gasteiger partial charge in [-0.05, 0) is 21.6 Å². The van der Waals surface area contributed by atoms with E-state index in [-0.39, 0.29) is 11.3 Å². The van der Waals surface area contributed by atoms with Crippen molar-refractivity contribution < 1.29 is 41.8 Å². The molecule has 1 aromatic heterocycles. The number of fused-ring (bicyclic) bond motifs is 1. The van der Waals surface area contributed by atoms with Gasteiger partial charge in [-0.2, -0.15) is 8.42 Å². The van der Waals surface area contributed by atoms with Crippen molar-refractivity contribution in [3.63, 3.8) is 0 Å². The van der Waals surface area contributed by atoms with E-state index >= 15 is 0 Å². The standard InChI is InChI=1S/C18H18N6O9S3/c25-13(9-4-2-1-3-5-9)14(26)19-11-15(27)24-12(17(28)29)10(6-34-16(11)24)7-35(30)18-20-21-22-23(18)8-36(31,32)33/h1-5,11,13,16,25H,6-8H2,(H,19,26)(H,28,29)(H,31,32,33)/t11-,13-,16-,35?/m1/s1. The Hall–Kier alpha value is -3.19. The first kappa shape index (κ1) is 25.9. The summed E-state index contributed by atoms with van der Waals surface area (Å²) in [5, 5.41) is 31.3. The summed E-state index contributed by atoms with van der Waals surface area (Å²) < 4.78 is 44.6. The Morgan fingerprint density at radius 1 is 1.28 bits per heavy atom. The highest BCUT2D eigenvalue weighted by Gasteiger charge is 2.54. The SMILES string of the molecule is O=C(O)C1=C(CS(=O)c2nnnn2CS(=O)(=O)O)CS[C@@H]2[C@H](NC(=O)[C@H](O)c3ccccc3)C(=O)N12. The fourth-order valence-electron chi connectivity index (χ4n) is 3.63. The highest BCUT2D eigenvalue weighted by atomic mass is 32.2. The number of benzene rings is 1. The number of aromatic nitrogens is 4. The van der Waals surface area contributed by atoms with Gasteiger partial charge in [-0.3, -0.25) is 23.3 Å². The molecule has 1 fully saturated rings. The summed E-state index contributed by atoms with van der Waals surface area (Å²) in [7, 11) is -6.66. The van der Waals surface area contributed by atoms with Crippen molar-refractivity contribution in [3.8, 4) is 0 Å². The second-order valence-electron chi connectivity index (χ2n) is 7.63. The lowest BCUT2D eigenvalue weighted by molar-refractivity contribution is -0.151. The number of amides is 2. The van der Waals surface area contributed by atoms with Crippen LogP contribution in [0.15, 0.2) is 46.8 Å². The molecule has 36 heavy (non-hydrogen) atoms. The molecule has 18 heteroatoms. The number of β-lactam (4-membered cyclic amide) rings is 1. The summed E-state index contributed by atoms with van der Waals surface area (Å²) in [4.78, 5) is 38.2. The summed E-state index contributed by atoms with van der Waals surface area (Å²) >= 11 is 1.12. The molecule has 2 aliphatic rings. The molecule has 0 bridgehead atoms. The normalized spacial score (nSPS) is 21.4. The number of rotatable bonds is 9. The average molecular weight is 559 g/mol. The van der Waals surface area contributed by atoms with E-state index in [2.05, 4.69) is 20.8 Å². The average Bonchev–Trinajstić information content (AvgIpc) is 3.28. The Labute approximate surface area is 209 Å². The zero-order chi connectivity index (χ0) is 26.2. The maximum absolute atomic E-state index is 12.8. The van der Waals surface area contributed by atoms with E-state index in [1.165, 1.54) is 0 Å². The lowest BCUT2D eigenvalue weighted by Crippen LogP contribution is -2.71. The third kappa shape index (κ3) is 5.16. The largest absolute Gasteiger partial charge is 0.477 e. The van der Waals surface area contributed by atoms with Crippen LogP contribution in [0.1, 0.15) is 11.7 Å². The van der Waals surface area contributed by atoms with E-state index < -0.39 is 78.7 Å². The van der Waals surface area contributed by atoms with Crippen molar-refractivity contribution in [2.45, 2.75) is 28.6 Å². The van der Waals surface area contributed by atoms with Crippen LogP contribution < -0.4 is 5.32 Å². The number of nitrogens with one attached hydrogen (secondary N) is 1. The molecule has 192 valence electrons. The van der Waals surface area contributed by atoms with E-state index in [9.17, 15) is 37.2 Å². The minimum absolute atomic E-state index is 0.0231. The minimum Gasteiger partial charge on any atom is -0.477 e. The summed E-state index contributed by atoms with van der Waals surface area (Å²) in [6.45, 7) is 0. The molecule has 2 amide bonds. The summed E-state index contributed by atoms with van der Waals surface area (Å²) in [6, 6.07) is 6.98. The van der Waals surface area contributed by atoms with Gasteiger partial charge in [0.1, 0.15) is 17.1 Å². The van der Waals surface area contributed by atoms with Gasteiger partial charge in [-0.25, -0.2) is 9.48 Å². The topological polar surface area (TPSA) is 222 Å². The van der Waals surface area contributed by atoms with Gasteiger partial charge in [0.25, 0.3) is 21.9 Å². The van der Waals surface area contributed by atoms with Gasteiger partial charge < -0.3 is 15.5 Å². The van der Waals surface area contributed by atoms with E-state index in [4.69, 9.17) is 4.55 Å². The Balaban J connectivity index is 1.50. The predicted octanol–water partition coefficient (Wildman–Crippen LogP) is -1.90. The molecule has 0 spiro atoms. The number of aliphatic carboxylic acids is 1. The number of carboxylic acid groups (broad SMARTS) is 1. The first-order chi connectivity index (χ1) is 17.0. The first-order valence-corrected chi connectivity index (χ1v) is 14.0. The van der Waals surface area contributed by atoms with Crippen LogP contribution in [0.4, 0.5) is 0 Å². The second kappa shape index (κ2) is 10.1. The van der Waals surface area contributed by atoms with Crippen LogP contribution in [0.3, 0.4) is 0 Å². The van der Waals surface area contributed by atoms with Crippen molar-refractivity contribution in [1.82, 2.24) is 30.4 Å². The van der Waals surface area contributed by atoms with E-state index in [0.29, 0.717) is 10.2 Å². The Bertz CT molecular complexity index is 1380. The zero-order valence-corrected chi connectivity index (χ0v) is 20.4. The van der Waals surface area contributed by atoms with Crippen molar-refractivity contribution >= 4 is 50.5 Å². The maximum Gasteiger partial charge on any atom is 0.352 e. The van der Waals surface area contributed by atoms with E-state index in [1.54, 1.807) is 30.3 Å². The Morgan fingerprint density at radius 3 is 2.61 bits per heavy atom. The highest BCUT2D eigenvalue weighted by molar-refractivity contribution is 8.00. The number of hydrogen-bond donors (Lipinski definition) is 4. The summed E-state index contributed by atoms with van der Waals surface area (Å²) in [5.74, 6) is -4.47. The fraction of sp³-hybridized carbons (Fsp3) is 0.333. The van der Waals surface area contributed by atoms with Crippen LogP contribution in [0.2, 0.25) is 0 Å². The number of tetrazole rings is 1. The molecule has 15 nitrogen and oxygen atoms in total. The van der Waals surface area contributed by atoms with Gasteiger partial charge in [0.05, 0.1) is 16.6 Å². The lowest BCUT2D eigenvalue weighted by atomic mass is 10.0. The number of carboxylic acids is 1. The smallest absolute Gasteiger partial charge is 0.352 e. The molecule has 1 saturated heterocycles. The Kier molecular flexibility index (Phi) is 7.23. The number of carbonyl (C=O) groups is 3. The number of carbonyl (C=O) groups excluding carboxylic acids is 2. The molecule has 1 unspecified atom stereocenters. The van der Waals surface area contributed by atoms with E-state index in [1.807, 2.05) is 0 Å². The summed E-state index contributed by atoms with van der Waals surface area (Å²) in [5.41, 5.74) is 0.00750. The molecule has 0 radical (unpaired) electrons. The van der Waals surface area contributed by atoms with Crippen molar-refractivity contribution in [2.75, 3.05) is 11.5 Å². The minimum atomic E-state index is -4.54.